The van der Waals surface area contributed by atoms with E-state index in [1.165, 1.54) is 0 Å². The lowest BCUT2D eigenvalue weighted by atomic mass is 10.2. The number of benzene rings is 2. The first kappa shape index (κ1) is 13.9. The zero-order valence-corrected chi connectivity index (χ0v) is 11.0. The second-order valence-corrected chi connectivity index (χ2v) is 4.33. The Morgan fingerprint density at radius 1 is 1.05 bits per heavy atom. The van der Waals surface area contributed by atoms with Crippen LogP contribution in [0.15, 0.2) is 54.6 Å². The summed E-state index contributed by atoms with van der Waals surface area (Å²) in [5, 5.41) is 3.04. The molecule has 0 bridgehead atoms. The van der Waals surface area contributed by atoms with Gasteiger partial charge in [-0.15, -0.1) is 0 Å². The molecule has 0 saturated heterocycles. The molecule has 2 aromatic rings. The first-order valence-electron chi connectivity index (χ1n) is 6.27. The lowest BCUT2D eigenvalue weighted by Gasteiger charge is -2.11. The number of rotatable bonds is 6. The van der Waals surface area contributed by atoms with Crippen molar-refractivity contribution >= 4 is 11.6 Å². The molecule has 0 aliphatic heterocycles. The molecule has 0 aliphatic carbocycles. The molecule has 5 heteroatoms. The number of ether oxygens (including phenoxy) is 1. The highest BCUT2D eigenvalue weighted by atomic mass is 16.5. The lowest BCUT2D eigenvalue weighted by Crippen LogP contribution is -2.41. The van der Waals surface area contributed by atoms with Crippen LogP contribution in [0.5, 0.6) is 11.5 Å². The highest BCUT2D eigenvalue weighted by Crippen LogP contribution is 2.22. The molecule has 0 heterocycles. The number of para-hydroxylation sites is 1. The molecule has 0 radical (unpaired) electrons. The summed E-state index contributed by atoms with van der Waals surface area (Å²) in [4.78, 5) is 10.8. The van der Waals surface area contributed by atoms with Crippen molar-refractivity contribution in [3.05, 3.63) is 54.6 Å². The first-order valence-corrected chi connectivity index (χ1v) is 6.27. The van der Waals surface area contributed by atoms with Gasteiger partial charge >= 0.3 is 0 Å². The van der Waals surface area contributed by atoms with Gasteiger partial charge in [-0.1, -0.05) is 18.2 Å². The van der Waals surface area contributed by atoms with E-state index in [1.54, 1.807) is 0 Å². The van der Waals surface area contributed by atoms with E-state index in [0.717, 1.165) is 17.2 Å². The third kappa shape index (κ3) is 4.00. The van der Waals surface area contributed by atoms with Gasteiger partial charge in [0.25, 0.3) is 0 Å². The average Bonchev–Trinajstić information content (AvgIpc) is 2.47. The molecule has 1 atom stereocenters. The largest absolute Gasteiger partial charge is 0.457 e. The number of carbonyl (C=O) groups is 1. The van der Waals surface area contributed by atoms with Crippen molar-refractivity contribution in [1.29, 1.82) is 0 Å². The maximum atomic E-state index is 10.8. The summed E-state index contributed by atoms with van der Waals surface area (Å²) in [6, 6.07) is 16.2. The van der Waals surface area contributed by atoms with Crippen molar-refractivity contribution < 1.29 is 9.53 Å². The number of primary amides is 1. The predicted octanol–water partition coefficient (Wildman–Crippen LogP) is 1.70. The van der Waals surface area contributed by atoms with Crippen LogP contribution in [0.1, 0.15) is 0 Å². The molecule has 1 amide bonds. The fourth-order valence-corrected chi connectivity index (χ4v) is 1.59. The Morgan fingerprint density at radius 2 is 1.65 bits per heavy atom. The molecular weight excluding hydrogens is 254 g/mol. The molecule has 0 fully saturated rings. The van der Waals surface area contributed by atoms with E-state index in [2.05, 4.69) is 5.32 Å². The lowest BCUT2D eigenvalue weighted by molar-refractivity contribution is -0.118. The van der Waals surface area contributed by atoms with E-state index in [9.17, 15) is 4.79 Å². The molecule has 5 N–H and O–H groups in total. The number of carbonyl (C=O) groups excluding carboxylic acids is 1. The van der Waals surface area contributed by atoms with Gasteiger partial charge in [0, 0.05) is 12.2 Å². The van der Waals surface area contributed by atoms with Crippen LogP contribution in [-0.2, 0) is 4.79 Å². The van der Waals surface area contributed by atoms with Crippen molar-refractivity contribution in [2.24, 2.45) is 11.5 Å². The van der Waals surface area contributed by atoms with Gasteiger partial charge in [-0.05, 0) is 36.4 Å². The van der Waals surface area contributed by atoms with E-state index in [4.69, 9.17) is 16.2 Å². The molecule has 1 unspecified atom stereocenters. The Labute approximate surface area is 117 Å². The van der Waals surface area contributed by atoms with Gasteiger partial charge in [0.1, 0.15) is 17.5 Å². The highest BCUT2D eigenvalue weighted by molar-refractivity contribution is 5.80. The van der Waals surface area contributed by atoms with Crippen molar-refractivity contribution in [3.63, 3.8) is 0 Å². The zero-order chi connectivity index (χ0) is 14.4. The van der Waals surface area contributed by atoms with E-state index in [1.807, 2.05) is 54.6 Å². The minimum absolute atomic E-state index is 0.300. The number of anilines is 1. The maximum Gasteiger partial charge on any atom is 0.236 e. The summed E-state index contributed by atoms with van der Waals surface area (Å²) in [5.74, 6) is 0.992. The maximum absolute atomic E-state index is 10.8. The molecule has 104 valence electrons. The van der Waals surface area contributed by atoms with Crippen LogP contribution in [0, 0.1) is 0 Å². The summed E-state index contributed by atoms with van der Waals surface area (Å²) >= 11 is 0. The summed E-state index contributed by atoms with van der Waals surface area (Å²) in [6.07, 6.45) is 0. The Bertz CT molecular complexity index is 555. The molecule has 0 saturated carbocycles. The normalized spacial score (nSPS) is 11.7. The number of nitrogens with one attached hydrogen (secondary N) is 1. The molecule has 2 aromatic carbocycles. The summed E-state index contributed by atoms with van der Waals surface area (Å²) in [6.45, 7) is 0.300. The van der Waals surface area contributed by atoms with Crippen LogP contribution < -0.4 is 21.5 Å². The van der Waals surface area contributed by atoms with Gasteiger partial charge in [0.15, 0.2) is 0 Å². The van der Waals surface area contributed by atoms with Crippen molar-refractivity contribution in [1.82, 2.24) is 0 Å². The van der Waals surface area contributed by atoms with Gasteiger partial charge in [0.05, 0.1) is 0 Å². The highest BCUT2D eigenvalue weighted by Gasteiger charge is 2.08. The standard InChI is InChI=1S/C15H17N3O2/c16-14(15(17)19)10-18-11-6-8-13(9-7-11)20-12-4-2-1-3-5-12/h1-9,14,18H,10,16H2,(H2,17,19). The van der Waals surface area contributed by atoms with Crippen molar-refractivity contribution in [3.8, 4) is 11.5 Å². The Kier molecular flexibility index (Phi) is 4.57. The summed E-state index contributed by atoms with van der Waals surface area (Å²) in [7, 11) is 0. The number of hydrogen-bond donors (Lipinski definition) is 3. The van der Waals surface area contributed by atoms with E-state index in [0.29, 0.717) is 6.54 Å². The SMILES string of the molecule is NC(=O)C(N)CNc1ccc(Oc2ccccc2)cc1. The van der Waals surface area contributed by atoms with Crippen LogP contribution in [0.4, 0.5) is 5.69 Å². The minimum Gasteiger partial charge on any atom is -0.457 e. The molecular formula is C15H17N3O2. The van der Waals surface area contributed by atoms with Gasteiger partial charge in [-0.2, -0.15) is 0 Å². The number of hydrogen-bond acceptors (Lipinski definition) is 4. The van der Waals surface area contributed by atoms with E-state index >= 15 is 0 Å². The van der Waals surface area contributed by atoms with Crippen LogP contribution in [0.25, 0.3) is 0 Å². The second-order valence-electron chi connectivity index (χ2n) is 4.33. The van der Waals surface area contributed by atoms with Crippen molar-refractivity contribution in [2.45, 2.75) is 6.04 Å². The molecule has 5 nitrogen and oxygen atoms in total. The van der Waals surface area contributed by atoms with Crippen LogP contribution >= 0.6 is 0 Å². The molecule has 20 heavy (non-hydrogen) atoms. The van der Waals surface area contributed by atoms with Crippen LogP contribution in [0.3, 0.4) is 0 Å². The fraction of sp³-hybridized carbons (Fsp3) is 0.133. The van der Waals surface area contributed by atoms with Gasteiger partial charge < -0.3 is 21.5 Å². The predicted molar refractivity (Wildman–Crippen MR) is 78.6 cm³/mol. The molecule has 0 spiro atoms. The topological polar surface area (TPSA) is 90.4 Å². The number of nitrogens with two attached hydrogens (primary N) is 2. The molecule has 0 aliphatic rings. The van der Waals surface area contributed by atoms with Crippen LogP contribution in [0.2, 0.25) is 0 Å². The van der Waals surface area contributed by atoms with Gasteiger partial charge in [-0.3, -0.25) is 4.79 Å². The second kappa shape index (κ2) is 6.58. The Morgan fingerprint density at radius 3 is 2.25 bits per heavy atom. The monoisotopic (exact) mass is 271 g/mol. The third-order valence-electron chi connectivity index (χ3n) is 2.72. The van der Waals surface area contributed by atoms with E-state index < -0.39 is 11.9 Å². The van der Waals surface area contributed by atoms with Crippen LogP contribution in [-0.4, -0.2) is 18.5 Å². The Hall–Kier alpha value is -2.53. The number of amides is 1. The van der Waals surface area contributed by atoms with Gasteiger partial charge in [-0.25, -0.2) is 0 Å². The summed E-state index contributed by atoms with van der Waals surface area (Å²) in [5.41, 5.74) is 11.5. The first-order chi connectivity index (χ1) is 9.65. The van der Waals surface area contributed by atoms with Crippen molar-refractivity contribution in [2.75, 3.05) is 11.9 Å². The average molecular weight is 271 g/mol. The van der Waals surface area contributed by atoms with E-state index in [-0.39, 0.29) is 0 Å². The smallest absolute Gasteiger partial charge is 0.236 e. The Balaban J connectivity index is 1.91. The summed E-state index contributed by atoms with van der Waals surface area (Å²) < 4.78 is 5.67. The third-order valence-corrected chi connectivity index (χ3v) is 2.72. The zero-order valence-electron chi connectivity index (χ0n) is 11.0. The minimum atomic E-state index is -0.699. The molecule has 0 aromatic heterocycles. The molecule has 2 rings (SSSR count). The fourth-order valence-electron chi connectivity index (χ4n) is 1.59. The van der Waals surface area contributed by atoms with Gasteiger partial charge in [0.2, 0.25) is 5.91 Å². The quantitative estimate of drug-likeness (QED) is 0.746.